The van der Waals surface area contributed by atoms with E-state index in [1.165, 1.54) is 11.1 Å². The molecule has 3 unspecified atom stereocenters. The summed E-state index contributed by atoms with van der Waals surface area (Å²) in [5.74, 6) is -1.23. The molecule has 3 atom stereocenters. The van der Waals surface area contributed by atoms with Crippen LogP contribution in [-0.4, -0.2) is 42.3 Å². The lowest BCUT2D eigenvalue weighted by atomic mass is 9.98. The molecule has 1 saturated carbocycles. The summed E-state index contributed by atoms with van der Waals surface area (Å²) in [7, 11) is 0. The summed E-state index contributed by atoms with van der Waals surface area (Å²) in [5.41, 5.74) is 4.67. The number of amides is 2. The van der Waals surface area contributed by atoms with E-state index < -0.39 is 12.1 Å². The number of aliphatic carboxylic acids is 1. The third-order valence-electron chi connectivity index (χ3n) is 6.31. The number of alkyl carbamates (subject to hydrolysis) is 1. The number of hydrogen-bond donors (Lipinski definition) is 3. The summed E-state index contributed by atoms with van der Waals surface area (Å²) in [5, 5.41) is 14.5. The molecule has 2 aromatic rings. The van der Waals surface area contributed by atoms with Crippen molar-refractivity contribution in [3.63, 3.8) is 0 Å². The minimum absolute atomic E-state index is 0.00582. The van der Waals surface area contributed by atoms with Crippen LogP contribution < -0.4 is 10.6 Å². The van der Waals surface area contributed by atoms with Gasteiger partial charge in [-0.25, -0.2) is 4.79 Å². The van der Waals surface area contributed by atoms with Crippen molar-refractivity contribution in [2.45, 2.75) is 38.1 Å². The fourth-order valence-corrected chi connectivity index (χ4v) is 4.37. The Morgan fingerprint density at radius 2 is 1.69 bits per heavy atom. The van der Waals surface area contributed by atoms with E-state index in [1.54, 1.807) is 0 Å². The molecule has 32 heavy (non-hydrogen) atoms. The van der Waals surface area contributed by atoms with Gasteiger partial charge in [0.2, 0.25) is 5.91 Å². The molecule has 4 rings (SSSR count). The number of ether oxygens (including phenoxy) is 1. The Morgan fingerprint density at radius 1 is 1.06 bits per heavy atom. The molecule has 0 bridgehead atoms. The lowest BCUT2D eigenvalue weighted by Gasteiger charge is -2.17. The minimum Gasteiger partial charge on any atom is -0.481 e. The Kier molecular flexibility index (Phi) is 6.44. The van der Waals surface area contributed by atoms with Gasteiger partial charge in [-0.3, -0.25) is 9.59 Å². The van der Waals surface area contributed by atoms with Gasteiger partial charge in [-0.2, -0.15) is 0 Å². The van der Waals surface area contributed by atoms with Gasteiger partial charge in [-0.05, 0) is 47.9 Å². The van der Waals surface area contributed by atoms with Crippen molar-refractivity contribution >= 4 is 18.0 Å². The van der Waals surface area contributed by atoms with E-state index in [0.717, 1.165) is 11.1 Å². The molecule has 7 heteroatoms. The summed E-state index contributed by atoms with van der Waals surface area (Å²) in [6.45, 7) is 2.47. The van der Waals surface area contributed by atoms with Crippen LogP contribution in [-0.2, 0) is 14.3 Å². The first-order valence-corrected chi connectivity index (χ1v) is 11.0. The molecule has 0 aliphatic heterocycles. The Bertz CT molecular complexity index is 975. The van der Waals surface area contributed by atoms with E-state index in [4.69, 9.17) is 9.84 Å². The topological polar surface area (TPSA) is 105 Å². The summed E-state index contributed by atoms with van der Waals surface area (Å²) >= 11 is 0. The van der Waals surface area contributed by atoms with Gasteiger partial charge in [0.05, 0.1) is 5.92 Å². The van der Waals surface area contributed by atoms with Crippen molar-refractivity contribution in [3.8, 4) is 11.1 Å². The molecule has 2 aromatic carbocycles. The Hall–Kier alpha value is -3.35. The van der Waals surface area contributed by atoms with Crippen LogP contribution in [0.1, 0.15) is 43.2 Å². The highest BCUT2D eigenvalue weighted by Crippen LogP contribution is 2.44. The molecule has 2 aliphatic carbocycles. The number of carboxylic acid groups (broad SMARTS) is 1. The number of carbonyl (C=O) groups excluding carboxylic acids is 2. The van der Waals surface area contributed by atoms with Crippen LogP contribution in [0.15, 0.2) is 48.5 Å². The second-order valence-corrected chi connectivity index (χ2v) is 8.65. The van der Waals surface area contributed by atoms with Crippen LogP contribution in [0.4, 0.5) is 4.79 Å². The zero-order chi connectivity index (χ0) is 22.7. The quantitative estimate of drug-likeness (QED) is 0.558. The van der Waals surface area contributed by atoms with E-state index in [1.807, 2.05) is 31.2 Å². The third-order valence-corrected chi connectivity index (χ3v) is 6.31. The van der Waals surface area contributed by atoms with Crippen molar-refractivity contribution < 1.29 is 24.2 Å². The first-order chi connectivity index (χ1) is 15.4. The van der Waals surface area contributed by atoms with Gasteiger partial charge in [0.25, 0.3) is 0 Å². The van der Waals surface area contributed by atoms with Crippen molar-refractivity contribution in [3.05, 3.63) is 59.7 Å². The van der Waals surface area contributed by atoms with E-state index in [2.05, 4.69) is 34.9 Å². The summed E-state index contributed by atoms with van der Waals surface area (Å²) in [6.07, 6.45) is 0.857. The predicted molar refractivity (Wildman–Crippen MR) is 119 cm³/mol. The first kappa shape index (κ1) is 21.9. The Balaban J connectivity index is 1.20. The fourth-order valence-electron chi connectivity index (χ4n) is 4.37. The molecule has 0 spiro atoms. The normalized spacial score (nSPS) is 19.4. The van der Waals surface area contributed by atoms with Gasteiger partial charge in [-0.15, -0.1) is 0 Å². The first-order valence-electron chi connectivity index (χ1n) is 11.0. The largest absolute Gasteiger partial charge is 0.481 e. The second kappa shape index (κ2) is 9.42. The van der Waals surface area contributed by atoms with E-state index in [0.29, 0.717) is 19.4 Å². The third kappa shape index (κ3) is 4.93. The predicted octanol–water partition coefficient (Wildman–Crippen LogP) is 3.53. The maximum absolute atomic E-state index is 12.3. The SMILES string of the molecule is CC(CCC(=O)NCC1CC1C(=O)O)NC(=O)OCC1c2ccccc2-c2ccccc21. The standard InChI is InChI=1S/C25H28N2O5/c1-15(10-11-23(28)26-13-16-12-21(16)24(29)30)27-25(31)32-14-22-19-8-4-2-6-17(19)18-7-3-5-9-20(18)22/h2-9,15-16,21-22H,10-14H2,1H3,(H,26,28)(H,27,31)(H,29,30). The number of carbonyl (C=O) groups is 3. The number of hydrogen-bond acceptors (Lipinski definition) is 4. The van der Waals surface area contributed by atoms with Gasteiger partial charge in [0.1, 0.15) is 6.61 Å². The average molecular weight is 437 g/mol. The summed E-state index contributed by atoms with van der Waals surface area (Å²) in [6, 6.07) is 16.1. The monoisotopic (exact) mass is 436 g/mol. The van der Waals surface area contributed by atoms with E-state index >= 15 is 0 Å². The molecule has 0 radical (unpaired) electrons. The number of rotatable bonds is 9. The zero-order valence-corrected chi connectivity index (χ0v) is 18.0. The second-order valence-electron chi connectivity index (χ2n) is 8.65. The molecule has 3 N–H and O–H groups in total. The van der Waals surface area contributed by atoms with Crippen molar-refractivity contribution in [2.24, 2.45) is 11.8 Å². The van der Waals surface area contributed by atoms with Crippen molar-refractivity contribution in [2.75, 3.05) is 13.2 Å². The van der Waals surface area contributed by atoms with Gasteiger partial charge < -0.3 is 20.5 Å². The van der Waals surface area contributed by atoms with Crippen LogP contribution in [0.3, 0.4) is 0 Å². The van der Waals surface area contributed by atoms with Gasteiger partial charge in [-0.1, -0.05) is 48.5 Å². The number of fused-ring (bicyclic) bond motifs is 3. The maximum atomic E-state index is 12.3. The highest BCUT2D eigenvalue weighted by atomic mass is 16.5. The van der Waals surface area contributed by atoms with E-state index in [-0.39, 0.29) is 42.7 Å². The van der Waals surface area contributed by atoms with Gasteiger partial charge >= 0.3 is 12.1 Å². The summed E-state index contributed by atoms with van der Waals surface area (Å²) in [4.78, 5) is 35.1. The highest BCUT2D eigenvalue weighted by Gasteiger charge is 2.42. The smallest absolute Gasteiger partial charge is 0.407 e. The molecule has 1 fully saturated rings. The summed E-state index contributed by atoms with van der Waals surface area (Å²) < 4.78 is 5.53. The van der Waals surface area contributed by atoms with E-state index in [9.17, 15) is 14.4 Å². The van der Waals surface area contributed by atoms with Crippen LogP contribution >= 0.6 is 0 Å². The lowest BCUT2D eigenvalue weighted by molar-refractivity contribution is -0.139. The van der Waals surface area contributed by atoms with Crippen molar-refractivity contribution in [1.82, 2.24) is 10.6 Å². The molecule has 2 aliphatic rings. The molecular weight excluding hydrogens is 408 g/mol. The average Bonchev–Trinajstić information content (AvgIpc) is 3.51. The molecule has 168 valence electrons. The number of benzene rings is 2. The van der Waals surface area contributed by atoms with Crippen molar-refractivity contribution in [1.29, 1.82) is 0 Å². The fraction of sp³-hybridized carbons (Fsp3) is 0.400. The number of nitrogens with one attached hydrogen (secondary N) is 2. The Morgan fingerprint density at radius 3 is 2.28 bits per heavy atom. The molecule has 7 nitrogen and oxygen atoms in total. The minimum atomic E-state index is -0.801. The van der Waals surface area contributed by atoms with Crippen LogP contribution in [0, 0.1) is 11.8 Å². The molecule has 2 amide bonds. The molecule has 0 aromatic heterocycles. The molecule has 0 saturated heterocycles. The Labute approximate surface area is 187 Å². The maximum Gasteiger partial charge on any atom is 0.407 e. The molecular formula is C25H28N2O5. The van der Waals surface area contributed by atoms with Crippen LogP contribution in [0.2, 0.25) is 0 Å². The van der Waals surface area contributed by atoms with Crippen LogP contribution in [0.25, 0.3) is 11.1 Å². The molecule has 0 heterocycles. The van der Waals surface area contributed by atoms with Crippen LogP contribution in [0.5, 0.6) is 0 Å². The zero-order valence-electron chi connectivity index (χ0n) is 18.0. The number of carboxylic acids is 1. The van der Waals surface area contributed by atoms with Gasteiger partial charge in [0, 0.05) is 24.9 Å². The lowest BCUT2D eigenvalue weighted by Crippen LogP contribution is -2.35. The van der Waals surface area contributed by atoms with Gasteiger partial charge in [0.15, 0.2) is 0 Å². The highest BCUT2D eigenvalue weighted by molar-refractivity contribution is 5.79.